The van der Waals surface area contributed by atoms with Crippen molar-refractivity contribution in [1.82, 2.24) is 14.9 Å². The average molecular weight is 429 g/mol. The van der Waals surface area contributed by atoms with Gasteiger partial charge in [0, 0.05) is 19.5 Å². The van der Waals surface area contributed by atoms with E-state index < -0.39 is 10.0 Å². The summed E-state index contributed by atoms with van der Waals surface area (Å²) in [5.74, 6) is 0.980. The van der Waals surface area contributed by atoms with Crippen molar-refractivity contribution in [3.63, 3.8) is 0 Å². The Kier molecular flexibility index (Phi) is 5.92. The zero-order valence-corrected chi connectivity index (χ0v) is 17.3. The fourth-order valence-corrected chi connectivity index (χ4v) is 4.27. The van der Waals surface area contributed by atoms with E-state index in [-0.39, 0.29) is 34.7 Å². The quantitative estimate of drug-likeness (QED) is 0.719. The highest BCUT2D eigenvalue weighted by Crippen LogP contribution is 2.39. The Bertz CT molecular complexity index is 989. The van der Waals surface area contributed by atoms with Crippen molar-refractivity contribution >= 4 is 33.2 Å². The van der Waals surface area contributed by atoms with Crippen LogP contribution in [0.5, 0.6) is 5.75 Å². The number of benzene rings is 1. The van der Waals surface area contributed by atoms with Gasteiger partial charge in [0.1, 0.15) is 10.6 Å². The van der Waals surface area contributed by atoms with Gasteiger partial charge in [-0.2, -0.15) is 4.98 Å². The summed E-state index contributed by atoms with van der Waals surface area (Å²) in [5, 5.41) is 3.77. The van der Waals surface area contributed by atoms with Crippen LogP contribution < -0.4 is 14.4 Å². The number of aromatic nitrogens is 2. The molecule has 9 nitrogen and oxygen atoms in total. The number of halogens is 1. The van der Waals surface area contributed by atoms with Crippen LogP contribution in [0, 0.1) is 12.8 Å². The normalized spacial score (nSPS) is 14.3. The number of nitrogens with zero attached hydrogens (tertiary/aromatic N) is 3. The van der Waals surface area contributed by atoms with E-state index in [1.54, 1.807) is 6.92 Å². The molecule has 152 valence electrons. The number of anilines is 1. The summed E-state index contributed by atoms with van der Waals surface area (Å²) in [6.07, 6.45) is 0.699. The molecule has 0 spiro atoms. The van der Waals surface area contributed by atoms with E-state index >= 15 is 0 Å². The fourth-order valence-electron chi connectivity index (χ4n) is 2.69. The van der Waals surface area contributed by atoms with Gasteiger partial charge >= 0.3 is 0 Å². The maximum absolute atomic E-state index is 12.6. The lowest BCUT2D eigenvalue weighted by atomic mass is 10.1. The second-order valence-electron chi connectivity index (χ2n) is 6.83. The van der Waals surface area contributed by atoms with Crippen molar-refractivity contribution in [2.45, 2.75) is 38.6 Å². The van der Waals surface area contributed by atoms with Crippen LogP contribution in [-0.2, 0) is 21.4 Å². The van der Waals surface area contributed by atoms with Crippen molar-refractivity contribution in [2.75, 3.05) is 18.1 Å². The molecule has 1 aromatic heterocycles. The first-order valence-corrected chi connectivity index (χ1v) is 10.6. The molecule has 1 N–H and O–H groups in total. The number of carbonyl (C=O) groups excluding carboxylic acids is 1. The van der Waals surface area contributed by atoms with Crippen molar-refractivity contribution in [3.05, 3.63) is 28.9 Å². The van der Waals surface area contributed by atoms with Gasteiger partial charge in [-0.25, -0.2) is 13.1 Å². The van der Waals surface area contributed by atoms with Crippen molar-refractivity contribution in [3.8, 4) is 5.75 Å². The molecule has 1 aliphatic heterocycles. The van der Waals surface area contributed by atoms with E-state index in [0.717, 1.165) is 0 Å². The third-order valence-corrected chi connectivity index (χ3v) is 6.05. The molecule has 1 aromatic carbocycles. The first-order chi connectivity index (χ1) is 13.2. The first-order valence-electron chi connectivity index (χ1n) is 8.73. The molecule has 0 radical (unpaired) electrons. The van der Waals surface area contributed by atoms with Gasteiger partial charge in [-0.15, -0.1) is 0 Å². The maximum Gasteiger partial charge on any atom is 0.265 e. The molecule has 2 heterocycles. The van der Waals surface area contributed by atoms with Gasteiger partial charge in [0.25, 0.3) is 5.91 Å². The van der Waals surface area contributed by atoms with E-state index in [1.807, 2.05) is 13.8 Å². The average Bonchev–Trinajstić information content (AvgIpc) is 3.01. The Morgan fingerprint density at radius 2 is 2.11 bits per heavy atom. The second-order valence-corrected chi connectivity index (χ2v) is 8.97. The first kappa shape index (κ1) is 20.6. The summed E-state index contributed by atoms with van der Waals surface area (Å²) in [5.41, 5.74) is 0.352. The van der Waals surface area contributed by atoms with Gasteiger partial charge in [0.2, 0.25) is 15.9 Å². The van der Waals surface area contributed by atoms with Crippen molar-refractivity contribution < 1.29 is 22.5 Å². The zero-order valence-electron chi connectivity index (χ0n) is 15.7. The molecule has 28 heavy (non-hydrogen) atoms. The van der Waals surface area contributed by atoms with Crippen LogP contribution >= 0.6 is 11.6 Å². The lowest BCUT2D eigenvalue weighted by Gasteiger charge is -2.29. The Balaban J connectivity index is 1.90. The van der Waals surface area contributed by atoms with Crippen LogP contribution in [0.4, 0.5) is 5.69 Å². The van der Waals surface area contributed by atoms with Crippen molar-refractivity contribution in [2.24, 2.45) is 5.92 Å². The SMILES string of the molecule is Cc1nc(CN2C(=O)COc3cc(S(=O)(=O)NCCC(C)C)c(Cl)cc32)no1. The minimum atomic E-state index is -3.81. The molecule has 0 bridgehead atoms. The summed E-state index contributed by atoms with van der Waals surface area (Å²) in [6, 6.07) is 2.73. The predicted octanol–water partition coefficient (Wildman–Crippen LogP) is 2.28. The monoisotopic (exact) mass is 428 g/mol. The molecule has 0 saturated heterocycles. The highest BCUT2D eigenvalue weighted by molar-refractivity contribution is 7.89. The molecular formula is C17H21ClN4O5S. The molecule has 2 aromatic rings. The predicted molar refractivity (Wildman–Crippen MR) is 102 cm³/mol. The van der Waals surface area contributed by atoms with E-state index in [1.165, 1.54) is 17.0 Å². The van der Waals surface area contributed by atoms with Gasteiger partial charge in [0.15, 0.2) is 12.4 Å². The number of carbonyl (C=O) groups is 1. The number of amides is 1. The number of nitrogens with one attached hydrogen (secondary N) is 1. The molecule has 3 rings (SSSR count). The van der Waals surface area contributed by atoms with Crippen LogP contribution in [0.2, 0.25) is 5.02 Å². The third-order valence-electron chi connectivity index (χ3n) is 4.13. The molecule has 0 atom stereocenters. The number of hydrogen-bond donors (Lipinski definition) is 1. The van der Waals surface area contributed by atoms with Crippen LogP contribution in [-0.4, -0.2) is 37.6 Å². The maximum atomic E-state index is 12.6. The van der Waals surface area contributed by atoms with Gasteiger partial charge in [-0.1, -0.05) is 30.6 Å². The zero-order chi connectivity index (χ0) is 20.5. The van der Waals surface area contributed by atoms with Crippen LogP contribution in [0.3, 0.4) is 0 Å². The van der Waals surface area contributed by atoms with Crippen molar-refractivity contribution in [1.29, 1.82) is 0 Å². The molecule has 0 unspecified atom stereocenters. The lowest BCUT2D eigenvalue weighted by molar-refractivity contribution is -0.121. The van der Waals surface area contributed by atoms with E-state index in [4.69, 9.17) is 20.9 Å². The molecule has 1 amide bonds. The largest absolute Gasteiger partial charge is 0.482 e. The van der Waals surface area contributed by atoms with Gasteiger partial charge in [-0.05, 0) is 18.4 Å². The number of ether oxygens (including phenoxy) is 1. The van der Waals surface area contributed by atoms with E-state index in [0.29, 0.717) is 36.3 Å². The number of aryl methyl sites for hydroxylation is 1. The van der Waals surface area contributed by atoms with Crippen LogP contribution in [0.1, 0.15) is 32.0 Å². The fraction of sp³-hybridized carbons (Fsp3) is 0.471. The minimum Gasteiger partial charge on any atom is -0.482 e. The lowest BCUT2D eigenvalue weighted by Crippen LogP contribution is -2.38. The molecule has 0 saturated carbocycles. The summed E-state index contributed by atoms with van der Waals surface area (Å²) < 4.78 is 38.1. The number of rotatable bonds is 7. The van der Waals surface area contributed by atoms with Gasteiger partial charge in [0.05, 0.1) is 17.3 Å². The smallest absolute Gasteiger partial charge is 0.265 e. The molecule has 11 heteroatoms. The Labute approximate surface area is 168 Å². The van der Waals surface area contributed by atoms with Crippen LogP contribution in [0.25, 0.3) is 0 Å². The number of sulfonamides is 1. The van der Waals surface area contributed by atoms with Crippen LogP contribution in [0.15, 0.2) is 21.6 Å². The van der Waals surface area contributed by atoms with Gasteiger partial charge in [-0.3, -0.25) is 9.69 Å². The summed E-state index contributed by atoms with van der Waals surface area (Å²) >= 11 is 6.24. The Morgan fingerprint density at radius 3 is 2.75 bits per heavy atom. The second kappa shape index (κ2) is 8.06. The highest BCUT2D eigenvalue weighted by Gasteiger charge is 2.30. The van der Waals surface area contributed by atoms with Gasteiger partial charge < -0.3 is 9.26 Å². The molecule has 1 aliphatic rings. The summed E-state index contributed by atoms with van der Waals surface area (Å²) in [7, 11) is -3.81. The standard InChI is InChI=1S/C17H21ClN4O5S/c1-10(2)4-5-19-28(24,25)15-7-14-13(6-12(15)18)22(17(23)9-26-14)8-16-20-11(3)27-21-16/h6-7,10,19H,4-5,8-9H2,1-3H3. The highest BCUT2D eigenvalue weighted by atomic mass is 35.5. The molecule has 0 fully saturated rings. The Morgan fingerprint density at radius 1 is 1.36 bits per heavy atom. The molecule has 0 aliphatic carbocycles. The van der Waals surface area contributed by atoms with E-state index in [9.17, 15) is 13.2 Å². The molecular weight excluding hydrogens is 408 g/mol. The van der Waals surface area contributed by atoms with E-state index in [2.05, 4.69) is 14.9 Å². The summed E-state index contributed by atoms with van der Waals surface area (Å²) in [6.45, 7) is 5.78. The summed E-state index contributed by atoms with van der Waals surface area (Å²) in [4.78, 5) is 17.7. The number of hydrogen-bond acceptors (Lipinski definition) is 7. The third kappa shape index (κ3) is 4.45. The topological polar surface area (TPSA) is 115 Å². The minimum absolute atomic E-state index is 0.0108. The Hall–Kier alpha value is -2.17. The number of fused-ring (bicyclic) bond motifs is 1.